The lowest BCUT2D eigenvalue weighted by Gasteiger charge is -1.95. The molecule has 0 amide bonds. The fourth-order valence-electron chi connectivity index (χ4n) is 1.21. The number of furan rings is 1. The van der Waals surface area contributed by atoms with Crippen LogP contribution in [0, 0.1) is 0 Å². The molecular weight excluding hydrogens is 168 g/mol. The van der Waals surface area contributed by atoms with Crippen LogP contribution in [0.5, 0.6) is 0 Å². The molecule has 2 aromatic rings. The summed E-state index contributed by atoms with van der Waals surface area (Å²) in [4.78, 5) is 11.4. The number of hydrogen-bond acceptors (Lipinski definition) is 2. The van der Waals surface area contributed by atoms with Crippen LogP contribution in [0.4, 0.5) is 0 Å². The molecule has 0 unspecified atom stereocenters. The van der Waals surface area contributed by atoms with E-state index in [1.165, 1.54) is 0 Å². The average Bonchev–Trinajstić information content (AvgIpc) is 2.71. The van der Waals surface area contributed by atoms with Crippen molar-refractivity contribution in [2.24, 2.45) is 7.05 Å². The van der Waals surface area contributed by atoms with Crippen molar-refractivity contribution in [1.29, 1.82) is 0 Å². The molecule has 0 aliphatic heterocycles. The molecule has 4 nitrogen and oxygen atoms in total. The molecule has 2 aromatic heterocycles. The zero-order valence-corrected chi connectivity index (χ0v) is 7.30. The standard InChI is InChI=1S/C9H10N2O2/c1-10-3-4-11(9(10)12)6-8-2-5-13-7-8/h2-5,7H,6H2,1H3. The summed E-state index contributed by atoms with van der Waals surface area (Å²) >= 11 is 0. The van der Waals surface area contributed by atoms with E-state index in [0.29, 0.717) is 6.54 Å². The molecule has 68 valence electrons. The molecular formula is C9H10N2O2. The van der Waals surface area contributed by atoms with Gasteiger partial charge in [-0.25, -0.2) is 4.79 Å². The van der Waals surface area contributed by atoms with Crippen LogP contribution in [0.3, 0.4) is 0 Å². The van der Waals surface area contributed by atoms with Crippen LogP contribution in [-0.4, -0.2) is 9.13 Å². The molecule has 0 N–H and O–H groups in total. The van der Waals surface area contributed by atoms with E-state index in [9.17, 15) is 4.79 Å². The molecule has 0 bridgehead atoms. The minimum Gasteiger partial charge on any atom is -0.472 e. The van der Waals surface area contributed by atoms with Crippen molar-refractivity contribution in [2.45, 2.75) is 6.54 Å². The van der Waals surface area contributed by atoms with E-state index >= 15 is 0 Å². The molecule has 2 heterocycles. The average molecular weight is 178 g/mol. The summed E-state index contributed by atoms with van der Waals surface area (Å²) in [7, 11) is 1.73. The Labute approximate surface area is 75.0 Å². The highest BCUT2D eigenvalue weighted by Crippen LogP contribution is 2.01. The molecule has 0 fully saturated rings. The van der Waals surface area contributed by atoms with Crippen LogP contribution >= 0.6 is 0 Å². The molecule has 0 spiro atoms. The number of hydrogen-bond donors (Lipinski definition) is 0. The third-order valence-corrected chi connectivity index (χ3v) is 1.95. The van der Waals surface area contributed by atoms with Crippen molar-refractivity contribution in [3.63, 3.8) is 0 Å². The molecule has 0 aromatic carbocycles. The first-order chi connectivity index (χ1) is 6.27. The predicted molar refractivity (Wildman–Crippen MR) is 47.5 cm³/mol. The number of imidazole rings is 1. The molecule has 13 heavy (non-hydrogen) atoms. The van der Waals surface area contributed by atoms with E-state index in [2.05, 4.69) is 0 Å². The van der Waals surface area contributed by atoms with Crippen LogP contribution in [0.2, 0.25) is 0 Å². The topological polar surface area (TPSA) is 40.1 Å². The Morgan fingerprint density at radius 2 is 2.31 bits per heavy atom. The maximum absolute atomic E-state index is 11.4. The van der Waals surface area contributed by atoms with Crippen LogP contribution in [-0.2, 0) is 13.6 Å². The van der Waals surface area contributed by atoms with Crippen LogP contribution < -0.4 is 5.69 Å². The number of rotatable bonds is 2. The Hall–Kier alpha value is -1.71. The Balaban J connectivity index is 2.29. The molecule has 4 heteroatoms. The van der Waals surface area contributed by atoms with Gasteiger partial charge in [0.1, 0.15) is 0 Å². The highest BCUT2D eigenvalue weighted by atomic mass is 16.3. The van der Waals surface area contributed by atoms with E-state index < -0.39 is 0 Å². The Bertz CT molecular complexity index is 436. The summed E-state index contributed by atoms with van der Waals surface area (Å²) in [5, 5.41) is 0. The first-order valence-electron chi connectivity index (χ1n) is 4.00. The summed E-state index contributed by atoms with van der Waals surface area (Å²) in [6.45, 7) is 0.566. The first-order valence-corrected chi connectivity index (χ1v) is 4.00. The van der Waals surface area contributed by atoms with Crippen molar-refractivity contribution < 1.29 is 4.42 Å². The lowest BCUT2D eigenvalue weighted by atomic mass is 10.3. The zero-order valence-electron chi connectivity index (χ0n) is 7.30. The number of nitrogens with zero attached hydrogens (tertiary/aromatic N) is 2. The van der Waals surface area contributed by atoms with Gasteiger partial charge < -0.3 is 8.98 Å². The zero-order chi connectivity index (χ0) is 9.26. The molecule has 0 saturated carbocycles. The summed E-state index contributed by atoms with van der Waals surface area (Å²) in [6.07, 6.45) is 6.74. The molecule has 0 aliphatic carbocycles. The van der Waals surface area contributed by atoms with Crippen molar-refractivity contribution in [3.8, 4) is 0 Å². The van der Waals surface area contributed by atoms with Crippen LogP contribution in [0.1, 0.15) is 5.56 Å². The van der Waals surface area contributed by atoms with E-state index in [4.69, 9.17) is 4.42 Å². The van der Waals surface area contributed by atoms with Gasteiger partial charge in [0, 0.05) is 25.0 Å². The lowest BCUT2D eigenvalue weighted by Crippen LogP contribution is -2.22. The van der Waals surface area contributed by atoms with E-state index in [-0.39, 0.29) is 5.69 Å². The Kier molecular flexibility index (Phi) is 1.81. The minimum atomic E-state index is -0.0128. The molecule has 0 atom stereocenters. The Morgan fingerprint density at radius 3 is 2.85 bits per heavy atom. The van der Waals surface area contributed by atoms with Gasteiger partial charge in [-0.3, -0.25) is 4.57 Å². The highest BCUT2D eigenvalue weighted by Gasteiger charge is 2.00. The quantitative estimate of drug-likeness (QED) is 0.683. The maximum Gasteiger partial charge on any atom is 0.328 e. The fraction of sp³-hybridized carbons (Fsp3) is 0.222. The normalized spacial score (nSPS) is 10.5. The summed E-state index contributed by atoms with van der Waals surface area (Å²) in [5.74, 6) is 0. The third kappa shape index (κ3) is 1.42. The second-order valence-electron chi connectivity index (χ2n) is 2.95. The van der Waals surface area contributed by atoms with E-state index in [1.807, 2.05) is 6.07 Å². The van der Waals surface area contributed by atoms with Crippen molar-refractivity contribution in [3.05, 3.63) is 47.0 Å². The second-order valence-corrected chi connectivity index (χ2v) is 2.95. The van der Waals surface area contributed by atoms with Gasteiger partial charge in [0.2, 0.25) is 0 Å². The molecule has 0 radical (unpaired) electrons. The Morgan fingerprint density at radius 1 is 1.46 bits per heavy atom. The lowest BCUT2D eigenvalue weighted by molar-refractivity contribution is 0.561. The smallest absolute Gasteiger partial charge is 0.328 e. The summed E-state index contributed by atoms with van der Waals surface area (Å²) in [5.41, 5.74) is 0.981. The van der Waals surface area contributed by atoms with Crippen LogP contribution in [0.15, 0.2) is 40.2 Å². The largest absolute Gasteiger partial charge is 0.472 e. The van der Waals surface area contributed by atoms with Crippen molar-refractivity contribution >= 4 is 0 Å². The third-order valence-electron chi connectivity index (χ3n) is 1.95. The van der Waals surface area contributed by atoms with Gasteiger partial charge >= 0.3 is 5.69 Å². The first kappa shape index (κ1) is 7.91. The summed E-state index contributed by atoms with van der Waals surface area (Å²) in [6, 6.07) is 1.85. The highest BCUT2D eigenvalue weighted by molar-refractivity contribution is 5.06. The fourth-order valence-corrected chi connectivity index (χ4v) is 1.21. The number of aromatic nitrogens is 2. The van der Waals surface area contributed by atoms with E-state index in [0.717, 1.165) is 5.56 Å². The van der Waals surface area contributed by atoms with Gasteiger partial charge in [0.15, 0.2) is 0 Å². The molecule has 0 aliphatic rings. The van der Waals surface area contributed by atoms with Gasteiger partial charge in [0.25, 0.3) is 0 Å². The predicted octanol–water partition coefficient (Wildman–Crippen LogP) is 0.828. The minimum absolute atomic E-state index is 0.0128. The van der Waals surface area contributed by atoms with Gasteiger partial charge in [-0.1, -0.05) is 0 Å². The summed E-state index contributed by atoms with van der Waals surface area (Å²) < 4.78 is 8.08. The number of aryl methyl sites for hydroxylation is 1. The van der Waals surface area contributed by atoms with E-state index in [1.54, 1.807) is 41.1 Å². The SMILES string of the molecule is Cn1ccn(Cc2ccoc2)c1=O. The van der Waals surface area contributed by atoms with Gasteiger partial charge in [-0.2, -0.15) is 0 Å². The van der Waals surface area contributed by atoms with Crippen molar-refractivity contribution in [1.82, 2.24) is 9.13 Å². The van der Waals surface area contributed by atoms with Crippen LogP contribution in [0.25, 0.3) is 0 Å². The monoisotopic (exact) mass is 178 g/mol. The maximum atomic E-state index is 11.4. The molecule has 2 rings (SSSR count). The van der Waals surface area contributed by atoms with Gasteiger partial charge in [0.05, 0.1) is 19.1 Å². The van der Waals surface area contributed by atoms with Gasteiger partial charge in [-0.05, 0) is 6.07 Å². The molecule has 0 saturated heterocycles. The second kappa shape index (κ2) is 2.97. The van der Waals surface area contributed by atoms with Crippen molar-refractivity contribution in [2.75, 3.05) is 0 Å². The van der Waals surface area contributed by atoms with Gasteiger partial charge in [-0.15, -0.1) is 0 Å².